The van der Waals surface area contributed by atoms with Crippen molar-refractivity contribution in [2.24, 2.45) is 0 Å². The molecule has 0 fully saturated rings. The fourth-order valence-electron chi connectivity index (χ4n) is 2.38. The van der Waals surface area contributed by atoms with Crippen LogP contribution >= 0.6 is 11.3 Å². The number of pyridine rings is 1. The lowest BCUT2D eigenvalue weighted by molar-refractivity contribution is 0.102. The van der Waals surface area contributed by atoms with Crippen LogP contribution in [0.3, 0.4) is 0 Å². The molecule has 4 aromatic rings. The Kier molecular flexibility index (Phi) is 3.76. The van der Waals surface area contributed by atoms with E-state index < -0.39 is 0 Å². The highest BCUT2D eigenvalue weighted by molar-refractivity contribution is 7.21. The van der Waals surface area contributed by atoms with Gasteiger partial charge in [-0.2, -0.15) is 0 Å². The minimum absolute atomic E-state index is 0.118. The molecule has 5 heteroatoms. The fraction of sp³-hybridized carbons (Fsp3) is 0. The molecular formula is C19H13N3OS. The summed E-state index contributed by atoms with van der Waals surface area (Å²) < 4.78 is 0. The van der Waals surface area contributed by atoms with E-state index in [0.29, 0.717) is 5.56 Å². The van der Waals surface area contributed by atoms with E-state index in [1.54, 1.807) is 29.7 Å². The van der Waals surface area contributed by atoms with Crippen LogP contribution in [0, 0.1) is 0 Å². The van der Waals surface area contributed by atoms with Gasteiger partial charge in [-0.1, -0.05) is 29.5 Å². The zero-order valence-corrected chi connectivity index (χ0v) is 13.5. The Hall–Kier alpha value is -3.05. The third-order valence-corrected chi connectivity index (χ3v) is 4.62. The van der Waals surface area contributed by atoms with Gasteiger partial charge in [-0.25, -0.2) is 9.97 Å². The number of nitrogens with one attached hydrogen (secondary N) is 1. The number of hydrogen-bond donors (Lipinski definition) is 1. The summed E-state index contributed by atoms with van der Waals surface area (Å²) in [6.07, 6.45) is 1.77. The summed E-state index contributed by atoms with van der Waals surface area (Å²) in [5.41, 5.74) is 3.31. The number of benzene rings is 2. The first-order valence-electron chi connectivity index (χ1n) is 7.48. The topological polar surface area (TPSA) is 54.9 Å². The number of rotatable bonds is 3. The van der Waals surface area contributed by atoms with Crippen LogP contribution in [0.2, 0.25) is 0 Å². The van der Waals surface area contributed by atoms with Gasteiger partial charge >= 0.3 is 0 Å². The van der Waals surface area contributed by atoms with E-state index in [1.165, 1.54) is 0 Å². The Morgan fingerprint density at radius 3 is 2.46 bits per heavy atom. The largest absolute Gasteiger partial charge is 0.322 e. The SMILES string of the molecule is O=C(Nc1ccc(-c2nc3cccnc3s2)cc1)c1ccccc1. The first kappa shape index (κ1) is 14.5. The van der Waals surface area contributed by atoms with E-state index >= 15 is 0 Å². The molecule has 0 aliphatic carbocycles. The van der Waals surface area contributed by atoms with Crippen molar-refractivity contribution in [2.45, 2.75) is 0 Å². The highest BCUT2D eigenvalue weighted by Gasteiger charge is 2.08. The second kappa shape index (κ2) is 6.22. The molecule has 0 spiro atoms. The molecule has 1 N–H and O–H groups in total. The maximum absolute atomic E-state index is 12.2. The van der Waals surface area contributed by atoms with Crippen LogP contribution in [-0.2, 0) is 0 Å². The van der Waals surface area contributed by atoms with Crippen molar-refractivity contribution >= 4 is 33.3 Å². The van der Waals surface area contributed by atoms with Crippen molar-refractivity contribution in [3.8, 4) is 10.6 Å². The van der Waals surface area contributed by atoms with Crippen molar-refractivity contribution in [1.82, 2.24) is 9.97 Å². The Morgan fingerprint density at radius 1 is 0.917 bits per heavy atom. The molecule has 0 unspecified atom stereocenters. The minimum Gasteiger partial charge on any atom is -0.322 e. The third-order valence-electron chi connectivity index (χ3n) is 3.59. The van der Waals surface area contributed by atoms with Crippen molar-refractivity contribution < 1.29 is 4.79 Å². The lowest BCUT2D eigenvalue weighted by Gasteiger charge is -2.05. The van der Waals surface area contributed by atoms with Gasteiger partial charge in [0.05, 0.1) is 0 Å². The van der Waals surface area contributed by atoms with Crippen LogP contribution in [-0.4, -0.2) is 15.9 Å². The molecule has 4 nitrogen and oxygen atoms in total. The first-order valence-corrected chi connectivity index (χ1v) is 8.30. The van der Waals surface area contributed by atoms with Gasteiger partial charge < -0.3 is 5.32 Å². The number of amides is 1. The number of nitrogens with zero attached hydrogens (tertiary/aromatic N) is 2. The van der Waals surface area contributed by atoms with Crippen molar-refractivity contribution in [2.75, 3.05) is 5.32 Å². The molecule has 0 bridgehead atoms. The summed E-state index contributed by atoms with van der Waals surface area (Å²) in [6, 6.07) is 20.7. The second-order valence-electron chi connectivity index (χ2n) is 5.24. The molecule has 0 saturated heterocycles. The average Bonchev–Trinajstić information content (AvgIpc) is 3.07. The molecule has 116 valence electrons. The summed E-state index contributed by atoms with van der Waals surface area (Å²) in [4.78, 5) is 22.0. The van der Waals surface area contributed by atoms with Crippen LogP contribution < -0.4 is 5.32 Å². The predicted molar refractivity (Wildman–Crippen MR) is 97.2 cm³/mol. The van der Waals surface area contributed by atoms with E-state index in [9.17, 15) is 4.79 Å². The normalized spacial score (nSPS) is 10.7. The number of anilines is 1. The number of thiazole rings is 1. The maximum atomic E-state index is 12.2. The minimum atomic E-state index is -0.118. The number of fused-ring (bicyclic) bond motifs is 1. The standard InChI is InChI=1S/C19H13N3OS/c23-17(13-5-2-1-3-6-13)21-15-10-8-14(9-11-15)18-22-16-7-4-12-20-19(16)24-18/h1-12H,(H,21,23). The van der Waals surface area contributed by atoms with Crippen LogP contribution in [0.5, 0.6) is 0 Å². The van der Waals surface area contributed by atoms with Gasteiger partial charge in [-0.15, -0.1) is 0 Å². The second-order valence-corrected chi connectivity index (χ2v) is 6.22. The van der Waals surface area contributed by atoms with Gasteiger partial charge in [0.1, 0.15) is 15.4 Å². The molecule has 0 saturated carbocycles. The summed E-state index contributed by atoms with van der Waals surface area (Å²) in [5.74, 6) is -0.118. The molecule has 4 rings (SSSR count). The molecule has 0 aliphatic rings. The van der Waals surface area contributed by atoms with Crippen LogP contribution in [0.4, 0.5) is 5.69 Å². The van der Waals surface area contributed by atoms with E-state index in [-0.39, 0.29) is 5.91 Å². The fourth-order valence-corrected chi connectivity index (χ4v) is 3.30. The Labute approximate surface area is 142 Å². The number of hydrogen-bond acceptors (Lipinski definition) is 4. The van der Waals surface area contributed by atoms with Crippen LogP contribution in [0.1, 0.15) is 10.4 Å². The van der Waals surface area contributed by atoms with Crippen molar-refractivity contribution in [3.63, 3.8) is 0 Å². The smallest absolute Gasteiger partial charge is 0.255 e. The molecular weight excluding hydrogens is 318 g/mol. The highest BCUT2D eigenvalue weighted by Crippen LogP contribution is 2.29. The van der Waals surface area contributed by atoms with Gasteiger partial charge in [-0.3, -0.25) is 4.79 Å². The number of carbonyl (C=O) groups excluding carboxylic acids is 1. The molecule has 1 amide bonds. The molecule has 2 aromatic heterocycles. The van der Waals surface area contributed by atoms with Gasteiger partial charge in [0.2, 0.25) is 0 Å². The summed E-state index contributed by atoms with van der Waals surface area (Å²) in [5, 5.41) is 3.82. The van der Waals surface area contributed by atoms with E-state index in [4.69, 9.17) is 0 Å². The van der Waals surface area contributed by atoms with Crippen LogP contribution in [0.15, 0.2) is 72.9 Å². The van der Waals surface area contributed by atoms with Crippen LogP contribution in [0.25, 0.3) is 20.9 Å². The highest BCUT2D eigenvalue weighted by atomic mass is 32.1. The Bertz CT molecular complexity index is 961. The van der Waals surface area contributed by atoms with E-state index in [1.807, 2.05) is 54.6 Å². The number of carbonyl (C=O) groups is 1. The van der Waals surface area contributed by atoms with Crippen molar-refractivity contribution in [1.29, 1.82) is 0 Å². The maximum Gasteiger partial charge on any atom is 0.255 e. The van der Waals surface area contributed by atoms with E-state index in [2.05, 4.69) is 15.3 Å². The van der Waals surface area contributed by atoms with Gasteiger partial charge in [0.25, 0.3) is 5.91 Å². The molecule has 0 radical (unpaired) electrons. The average molecular weight is 331 g/mol. The lowest BCUT2D eigenvalue weighted by Crippen LogP contribution is -2.11. The lowest BCUT2D eigenvalue weighted by atomic mass is 10.2. The Balaban J connectivity index is 1.55. The monoisotopic (exact) mass is 331 g/mol. The third kappa shape index (κ3) is 2.89. The zero-order valence-electron chi connectivity index (χ0n) is 12.6. The van der Waals surface area contributed by atoms with Gasteiger partial charge in [0.15, 0.2) is 0 Å². The summed E-state index contributed by atoms with van der Waals surface area (Å²) >= 11 is 1.56. The Morgan fingerprint density at radius 2 is 1.71 bits per heavy atom. The predicted octanol–water partition coefficient (Wildman–Crippen LogP) is 4.61. The summed E-state index contributed by atoms with van der Waals surface area (Å²) in [7, 11) is 0. The molecule has 0 atom stereocenters. The molecule has 2 aromatic carbocycles. The molecule has 24 heavy (non-hydrogen) atoms. The molecule has 0 aliphatic heterocycles. The zero-order chi connectivity index (χ0) is 16.4. The molecule has 2 heterocycles. The van der Waals surface area contributed by atoms with E-state index in [0.717, 1.165) is 26.6 Å². The van der Waals surface area contributed by atoms with Gasteiger partial charge in [0, 0.05) is 23.0 Å². The quantitative estimate of drug-likeness (QED) is 0.596. The van der Waals surface area contributed by atoms with Crippen molar-refractivity contribution in [3.05, 3.63) is 78.5 Å². The number of aromatic nitrogens is 2. The van der Waals surface area contributed by atoms with Gasteiger partial charge in [-0.05, 0) is 48.5 Å². The summed E-state index contributed by atoms with van der Waals surface area (Å²) in [6.45, 7) is 0. The first-order chi connectivity index (χ1) is 11.8.